The number of nitrogens with one attached hydrogen (secondary N) is 2. The summed E-state index contributed by atoms with van der Waals surface area (Å²) in [5.41, 5.74) is 0.465. The van der Waals surface area contributed by atoms with Crippen LogP contribution in [0.2, 0.25) is 5.02 Å². The lowest BCUT2D eigenvalue weighted by molar-refractivity contribution is -0.146. The molecule has 0 radical (unpaired) electrons. The number of carbonyl (C=O) groups is 2. The molecule has 2 N–H and O–H groups in total. The summed E-state index contributed by atoms with van der Waals surface area (Å²) in [7, 11) is 1.55. The van der Waals surface area contributed by atoms with Gasteiger partial charge in [-0.2, -0.15) is 0 Å². The molecule has 0 unspecified atom stereocenters. The monoisotopic (exact) mass is 390 g/mol. The molecular formula is C21H27ClN2O3. The lowest BCUT2D eigenvalue weighted by atomic mass is 9.49. The molecule has 1 aromatic rings. The van der Waals surface area contributed by atoms with Gasteiger partial charge < -0.3 is 15.4 Å². The van der Waals surface area contributed by atoms with E-state index in [9.17, 15) is 9.59 Å². The van der Waals surface area contributed by atoms with Crippen LogP contribution in [0.4, 0.5) is 5.69 Å². The highest BCUT2D eigenvalue weighted by molar-refractivity contribution is 6.32. The van der Waals surface area contributed by atoms with Crippen molar-refractivity contribution in [3.8, 4) is 5.75 Å². The summed E-state index contributed by atoms with van der Waals surface area (Å²) in [6.07, 6.45) is 7.34. The van der Waals surface area contributed by atoms with Crippen LogP contribution in [0.5, 0.6) is 5.75 Å². The van der Waals surface area contributed by atoms with Gasteiger partial charge in [-0.05, 0) is 74.5 Å². The van der Waals surface area contributed by atoms with Crippen LogP contribution in [0.15, 0.2) is 18.2 Å². The Morgan fingerprint density at radius 1 is 1.15 bits per heavy atom. The second-order valence-corrected chi connectivity index (χ2v) is 9.01. The van der Waals surface area contributed by atoms with Gasteiger partial charge in [0.1, 0.15) is 5.75 Å². The van der Waals surface area contributed by atoms with Crippen molar-refractivity contribution in [2.24, 2.45) is 23.2 Å². The maximum Gasteiger partial charge on any atom is 0.226 e. The highest BCUT2D eigenvalue weighted by atomic mass is 35.5. The molecule has 0 heterocycles. The van der Waals surface area contributed by atoms with E-state index in [4.69, 9.17) is 16.3 Å². The topological polar surface area (TPSA) is 67.4 Å². The third-order valence-corrected chi connectivity index (χ3v) is 6.89. The van der Waals surface area contributed by atoms with Crippen molar-refractivity contribution in [2.75, 3.05) is 19.0 Å². The molecule has 146 valence electrons. The highest BCUT2D eigenvalue weighted by Gasteiger charge is 2.54. The number of hydrogen-bond acceptors (Lipinski definition) is 3. The maximum absolute atomic E-state index is 12.9. The molecular weight excluding hydrogens is 364 g/mol. The number of anilines is 1. The number of rotatable bonds is 6. The fraction of sp³-hybridized carbons (Fsp3) is 0.619. The van der Waals surface area contributed by atoms with E-state index in [-0.39, 0.29) is 23.7 Å². The zero-order valence-corrected chi connectivity index (χ0v) is 16.5. The summed E-state index contributed by atoms with van der Waals surface area (Å²) in [4.78, 5) is 25.0. The van der Waals surface area contributed by atoms with Crippen molar-refractivity contribution in [1.82, 2.24) is 5.32 Å². The van der Waals surface area contributed by atoms with Crippen LogP contribution >= 0.6 is 11.6 Å². The molecule has 0 atom stereocenters. The number of benzene rings is 1. The van der Waals surface area contributed by atoms with E-state index < -0.39 is 0 Å². The van der Waals surface area contributed by atoms with Crippen molar-refractivity contribution >= 4 is 29.1 Å². The van der Waals surface area contributed by atoms with Crippen LogP contribution in [-0.4, -0.2) is 25.5 Å². The Bertz CT molecular complexity index is 714. The smallest absolute Gasteiger partial charge is 0.226 e. The number of amides is 2. The van der Waals surface area contributed by atoms with Crippen molar-refractivity contribution in [3.63, 3.8) is 0 Å². The lowest BCUT2D eigenvalue weighted by Gasteiger charge is -2.55. The van der Waals surface area contributed by atoms with Crippen LogP contribution < -0.4 is 15.4 Å². The minimum absolute atomic E-state index is 0.137. The zero-order chi connectivity index (χ0) is 19.0. The average molecular weight is 391 g/mol. The average Bonchev–Trinajstić information content (AvgIpc) is 2.60. The molecule has 4 aliphatic carbocycles. The highest BCUT2D eigenvalue weighted by Crippen LogP contribution is 2.60. The van der Waals surface area contributed by atoms with E-state index in [1.165, 1.54) is 19.3 Å². The van der Waals surface area contributed by atoms with Gasteiger partial charge >= 0.3 is 0 Å². The van der Waals surface area contributed by atoms with Crippen LogP contribution in [0, 0.1) is 23.2 Å². The van der Waals surface area contributed by atoms with Crippen molar-refractivity contribution in [2.45, 2.75) is 44.9 Å². The Morgan fingerprint density at radius 3 is 2.33 bits per heavy atom. The third kappa shape index (κ3) is 3.79. The van der Waals surface area contributed by atoms with Crippen LogP contribution in [-0.2, 0) is 9.59 Å². The summed E-state index contributed by atoms with van der Waals surface area (Å²) < 4.78 is 5.10. The molecule has 0 saturated heterocycles. The summed E-state index contributed by atoms with van der Waals surface area (Å²) in [5.74, 6) is 2.82. The predicted octanol–water partition coefficient (Wildman–Crippen LogP) is 4.01. The molecule has 6 heteroatoms. The van der Waals surface area contributed by atoms with Gasteiger partial charge in [0.25, 0.3) is 0 Å². The summed E-state index contributed by atoms with van der Waals surface area (Å²) in [6.45, 7) is 0.371. The minimum atomic E-state index is -0.158. The second kappa shape index (κ2) is 7.34. The number of methoxy groups -OCH3 is 1. The fourth-order valence-electron chi connectivity index (χ4n) is 5.83. The minimum Gasteiger partial charge on any atom is -0.495 e. The molecule has 0 aliphatic heterocycles. The molecule has 0 aromatic heterocycles. The Hall–Kier alpha value is -1.75. The third-order valence-electron chi connectivity index (χ3n) is 6.59. The lowest BCUT2D eigenvalue weighted by Crippen LogP contribution is -2.53. The van der Waals surface area contributed by atoms with Gasteiger partial charge in [0, 0.05) is 24.1 Å². The summed E-state index contributed by atoms with van der Waals surface area (Å²) >= 11 is 6.08. The fourth-order valence-corrected chi connectivity index (χ4v) is 6.09. The second-order valence-electron chi connectivity index (χ2n) is 8.60. The molecule has 4 saturated carbocycles. The molecule has 0 spiro atoms. The Balaban J connectivity index is 1.26. The van der Waals surface area contributed by atoms with Gasteiger partial charge in [0.05, 0.1) is 12.1 Å². The van der Waals surface area contributed by atoms with Gasteiger partial charge in [-0.1, -0.05) is 11.6 Å². The number of ether oxygens (including phenoxy) is 1. The molecule has 4 aliphatic rings. The van der Waals surface area contributed by atoms with Crippen molar-refractivity contribution in [1.29, 1.82) is 0 Å². The Labute approximate surface area is 165 Å². The van der Waals surface area contributed by atoms with Crippen LogP contribution in [0.1, 0.15) is 44.9 Å². The van der Waals surface area contributed by atoms with Gasteiger partial charge in [0.2, 0.25) is 11.8 Å². The van der Waals surface area contributed by atoms with E-state index in [0.717, 1.165) is 37.0 Å². The molecule has 2 amide bonds. The van der Waals surface area contributed by atoms with Gasteiger partial charge in [-0.25, -0.2) is 0 Å². The predicted molar refractivity (Wildman–Crippen MR) is 105 cm³/mol. The molecule has 5 rings (SSSR count). The van der Waals surface area contributed by atoms with E-state index in [1.54, 1.807) is 25.3 Å². The maximum atomic E-state index is 12.9. The molecule has 1 aromatic carbocycles. The first-order valence-corrected chi connectivity index (χ1v) is 10.3. The van der Waals surface area contributed by atoms with Crippen LogP contribution in [0.3, 0.4) is 0 Å². The summed E-state index contributed by atoms with van der Waals surface area (Å²) in [5, 5.41) is 6.30. The zero-order valence-electron chi connectivity index (χ0n) is 15.7. The normalized spacial score (nSPS) is 30.8. The Kier molecular flexibility index (Phi) is 5.06. The number of halogens is 1. The molecule has 5 nitrogen and oxygen atoms in total. The molecule has 4 bridgehead atoms. The number of carbonyl (C=O) groups excluding carboxylic acids is 2. The largest absolute Gasteiger partial charge is 0.495 e. The summed E-state index contributed by atoms with van der Waals surface area (Å²) in [6, 6.07) is 5.12. The quantitative estimate of drug-likeness (QED) is 0.771. The van der Waals surface area contributed by atoms with Gasteiger partial charge in [-0.3, -0.25) is 9.59 Å². The van der Waals surface area contributed by atoms with Crippen molar-refractivity contribution < 1.29 is 14.3 Å². The first-order chi connectivity index (χ1) is 13.0. The molecule has 4 fully saturated rings. The van der Waals surface area contributed by atoms with Gasteiger partial charge in [-0.15, -0.1) is 0 Å². The van der Waals surface area contributed by atoms with Crippen molar-refractivity contribution in [3.05, 3.63) is 23.2 Å². The first kappa shape index (κ1) is 18.6. The van der Waals surface area contributed by atoms with Gasteiger partial charge in [0.15, 0.2) is 0 Å². The van der Waals surface area contributed by atoms with E-state index in [0.29, 0.717) is 23.0 Å². The SMILES string of the molecule is COc1ccc(NC(=O)CCNC(=O)C23CC4CC(CC(C4)C2)C3)cc1Cl. The van der Waals surface area contributed by atoms with E-state index >= 15 is 0 Å². The van der Waals surface area contributed by atoms with E-state index in [2.05, 4.69) is 10.6 Å². The number of hydrogen-bond donors (Lipinski definition) is 2. The van der Waals surface area contributed by atoms with E-state index in [1.807, 2.05) is 0 Å². The Morgan fingerprint density at radius 2 is 1.78 bits per heavy atom. The first-order valence-electron chi connectivity index (χ1n) is 9.89. The van der Waals surface area contributed by atoms with Crippen LogP contribution in [0.25, 0.3) is 0 Å². The standard InChI is InChI=1S/C21H27ClN2O3/c1-27-18-3-2-16(9-17(18)22)24-19(25)4-5-23-20(26)21-10-13-6-14(11-21)8-15(7-13)12-21/h2-3,9,13-15H,4-8,10-12H2,1H3,(H,23,26)(H,24,25). The molecule has 27 heavy (non-hydrogen) atoms.